The van der Waals surface area contributed by atoms with E-state index in [2.05, 4.69) is 10.6 Å². The Morgan fingerprint density at radius 3 is 2.59 bits per heavy atom. The van der Waals surface area contributed by atoms with Crippen molar-refractivity contribution in [2.24, 2.45) is 5.92 Å². The summed E-state index contributed by atoms with van der Waals surface area (Å²) in [6.45, 7) is 1.56. The van der Waals surface area contributed by atoms with Crippen LogP contribution in [0.25, 0.3) is 0 Å². The third-order valence-corrected chi connectivity index (χ3v) is 3.94. The smallest absolute Gasteiger partial charge is 0.246 e. The van der Waals surface area contributed by atoms with E-state index in [-0.39, 0.29) is 23.3 Å². The Labute approximate surface area is 128 Å². The normalized spacial score (nSPS) is 16.8. The fourth-order valence-electron chi connectivity index (χ4n) is 2.61. The molecule has 1 aliphatic carbocycles. The van der Waals surface area contributed by atoms with Crippen LogP contribution in [0.2, 0.25) is 0 Å². The molecule has 6 heteroatoms. The molecular formula is C16H21FN2O3. The molecule has 1 aromatic rings. The number of anilines is 1. The standard InChI is InChI=1S/C16H21FN2O3/c1-10(18-16(22)11-5-3-2-4-6-11)15(21)19-14-8-7-12(20)9-13(14)17/h7-11,20H,2-6H2,1H3,(H,18,22)(H,19,21)/t10-/m0/s1. The van der Waals surface area contributed by atoms with Crippen molar-refractivity contribution in [1.82, 2.24) is 5.32 Å². The summed E-state index contributed by atoms with van der Waals surface area (Å²) >= 11 is 0. The van der Waals surface area contributed by atoms with Crippen molar-refractivity contribution in [3.05, 3.63) is 24.0 Å². The molecule has 1 fully saturated rings. The lowest BCUT2D eigenvalue weighted by atomic mass is 9.88. The van der Waals surface area contributed by atoms with Gasteiger partial charge in [0.05, 0.1) is 5.69 Å². The highest BCUT2D eigenvalue weighted by atomic mass is 19.1. The van der Waals surface area contributed by atoms with Crippen LogP contribution in [0.15, 0.2) is 18.2 Å². The summed E-state index contributed by atoms with van der Waals surface area (Å²) in [6, 6.07) is 2.73. The summed E-state index contributed by atoms with van der Waals surface area (Å²) < 4.78 is 13.6. The maximum Gasteiger partial charge on any atom is 0.246 e. The molecular weight excluding hydrogens is 287 g/mol. The van der Waals surface area contributed by atoms with Crippen LogP contribution >= 0.6 is 0 Å². The van der Waals surface area contributed by atoms with E-state index >= 15 is 0 Å². The Hall–Kier alpha value is -2.11. The molecule has 3 N–H and O–H groups in total. The Kier molecular flexibility index (Phi) is 5.35. The van der Waals surface area contributed by atoms with Crippen LogP contribution in [-0.4, -0.2) is 23.0 Å². The summed E-state index contributed by atoms with van der Waals surface area (Å²) in [5.41, 5.74) is -0.0263. The highest BCUT2D eigenvalue weighted by Gasteiger charge is 2.24. The molecule has 0 heterocycles. The van der Waals surface area contributed by atoms with Crippen LogP contribution in [0.3, 0.4) is 0 Å². The van der Waals surface area contributed by atoms with Gasteiger partial charge in [0.25, 0.3) is 0 Å². The van der Waals surface area contributed by atoms with Crippen LogP contribution in [0, 0.1) is 11.7 Å². The predicted octanol–water partition coefficient (Wildman–Crippen LogP) is 2.55. The van der Waals surface area contributed by atoms with E-state index in [0.29, 0.717) is 0 Å². The first-order valence-corrected chi connectivity index (χ1v) is 7.57. The number of nitrogens with one attached hydrogen (secondary N) is 2. The summed E-state index contributed by atoms with van der Waals surface area (Å²) in [5, 5.41) is 14.2. The van der Waals surface area contributed by atoms with Gasteiger partial charge < -0.3 is 15.7 Å². The number of rotatable bonds is 4. The quantitative estimate of drug-likeness (QED) is 0.748. The van der Waals surface area contributed by atoms with E-state index in [1.807, 2.05) is 0 Å². The number of amides is 2. The Balaban J connectivity index is 1.89. The number of hydrogen-bond acceptors (Lipinski definition) is 3. The monoisotopic (exact) mass is 308 g/mol. The number of halogens is 1. The van der Waals surface area contributed by atoms with Gasteiger partial charge in [0, 0.05) is 12.0 Å². The zero-order valence-corrected chi connectivity index (χ0v) is 12.6. The number of phenolic OH excluding ortho intramolecular Hbond substituents is 1. The molecule has 1 atom stereocenters. The summed E-state index contributed by atoms with van der Waals surface area (Å²) in [7, 11) is 0. The lowest BCUT2D eigenvalue weighted by Crippen LogP contribution is -2.44. The number of phenols is 1. The van der Waals surface area contributed by atoms with Gasteiger partial charge >= 0.3 is 0 Å². The maximum atomic E-state index is 13.6. The van der Waals surface area contributed by atoms with Gasteiger partial charge in [-0.2, -0.15) is 0 Å². The van der Waals surface area contributed by atoms with Crippen LogP contribution < -0.4 is 10.6 Å². The number of aromatic hydroxyl groups is 1. The molecule has 1 aliphatic rings. The first kappa shape index (κ1) is 16.3. The molecule has 1 saturated carbocycles. The Morgan fingerprint density at radius 2 is 1.95 bits per heavy atom. The van der Waals surface area contributed by atoms with Gasteiger partial charge in [-0.3, -0.25) is 9.59 Å². The number of carbonyl (C=O) groups excluding carboxylic acids is 2. The second-order valence-electron chi connectivity index (χ2n) is 5.72. The number of benzene rings is 1. The van der Waals surface area contributed by atoms with Crippen molar-refractivity contribution in [1.29, 1.82) is 0 Å². The van der Waals surface area contributed by atoms with Gasteiger partial charge in [-0.05, 0) is 31.9 Å². The van der Waals surface area contributed by atoms with Gasteiger partial charge in [-0.15, -0.1) is 0 Å². The molecule has 1 aromatic carbocycles. The largest absolute Gasteiger partial charge is 0.508 e. The Bertz CT molecular complexity index is 556. The molecule has 2 amide bonds. The van der Waals surface area contributed by atoms with Crippen molar-refractivity contribution in [3.8, 4) is 5.75 Å². The van der Waals surface area contributed by atoms with Crippen molar-refractivity contribution >= 4 is 17.5 Å². The molecule has 0 saturated heterocycles. The van der Waals surface area contributed by atoms with E-state index in [4.69, 9.17) is 5.11 Å². The number of carbonyl (C=O) groups is 2. The molecule has 0 spiro atoms. The van der Waals surface area contributed by atoms with E-state index in [0.717, 1.165) is 38.2 Å². The van der Waals surface area contributed by atoms with Crippen LogP contribution in [0.4, 0.5) is 10.1 Å². The summed E-state index contributed by atoms with van der Waals surface area (Å²) in [6.07, 6.45) is 4.94. The van der Waals surface area contributed by atoms with Crippen molar-refractivity contribution in [2.45, 2.75) is 45.1 Å². The van der Waals surface area contributed by atoms with Crippen LogP contribution in [0.1, 0.15) is 39.0 Å². The lowest BCUT2D eigenvalue weighted by Gasteiger charge is -2.23. The summed E-state index contributed by atoms with van der Waals surface area (Å²) in [5.74, 6) is -1.58. The van der Waals surface area contributed by atoms with Crippen LogP contribution in [-0.2, 0) is 9.59 Å². The summed E-state index contributed by atoms with van der Waals surface area (Å²) in [4.78, 5) is 24.1. The minimum atomic E-state index is -0.748. The maximum absolute atomic E-state index is 13.6. The molecule has 22 heavy (non-hydrogen) atoms. The molecule has 5 nitrogen and oxygen atoms in total. The molecule has 0 aromatic heterocycles. The average molecular weight is 308 g/mol. The fourth-order valence-corrected chi connectivity index (χ4v) is 2.61. The van der Waals surface area contributed by atoms with E-state index in [1.54, 1.807) is 6.92 Å². The van der Waals surface area contributed by atoms with E-state index in [9.17, 15) is 14.0 Å². The van der Waals surface area contributed by atoms with Crippen LogP contribution in [0.5, 0.6) is 5.75 Å². The highest BCUT2D eigenvalue weighted by Crippen LogP contribution is 2.24. The molecule has 0 unspecified atom stereocenters. The minimum Gasteiger partial charge on any atom is -0.508 e. The first-order chi connectivity index (χ1) is 10.5. The minimum absolute atomic E-state index is 0.0263. The third-order valence-electron chi connectivity index (χ3n) is 3.94. The number of hydrogen-bond donors (Lipinski definition) is 3. The average Bonchev–Trinajstić information content (AvgIpc) is 2.50. The molecule has 0 radical (unpaired) electrons. The zero-order chi connectivity index (χ0) is 16.1. The van der Waals surface area contributed by atoms with Crippen molar-refractivity contribution in [3.63, 3.8) is 0 Å². The van der Waals surface area contributed by atoms with Gasteiger partial charge in [-0.1, -0.05) is 19.3 Å². The van der Waals surface area contributed by atoms with Crippen molar-refractivity contribution < 1.29 is 19.1 Å². The molecule has 120 valence electrons. The zero-order valence-electron chi connectivity index (χ0n) is 12.6. The Morgan fingerprint density at radius 1 is 1.27 bits per heavy atom. The molecule has 0 bridgehead atoms. The lowest BCUT2D eigenvalue weighted by molar-refractivity contribution is -0.129. The highest BCUT2D eigenvalue weighted by molar-refractivity contribution is 5.97. The topological polar surface area (TPSA) is 78.4 Å². The van der Waals surface area contributed by atoms with E-state index in [1.165, 1.54) is 12.1 Å². The van der Waals surface area contributed by atoms with Gasteiger partial charge in [0.1, 0.15) is 17.6 Å². The fraction of sp³-hybridized carbons (Fsp3) is 0.500. The second kappa shape index (κ2) is 7.24. The molecule has 2 rings (SSSR count). The predicted molar refractivity (Wildman–Crippen MR) is 80.9 cm³/mol. The third kappa shape index (κ3) is 4.19. The first-order valence-electron chi connectivity index (χ1n) is 7.57. The second-order valence-corrected chi connectivity index (χ2v) is 5.72. The van der Waals surface area contributed by atoms with Gasteiger partial charge in [0.2, 0.25) is 11.8 Å². The van der Waals surface area contributed by atoms with Gasteiger partial charge in [-0.25, -0.2) is 4.39 Å². The van der Waals surface area contributed by atoms with Crippen molar-refractivity contribution in [2.75, 3.05) is 5.32 Å². The molecule has 0 aliphatic heterocycles. The van der Waals surface area contributed by atoms with Gasteiger partial charge in [0.15, 0.2) is 0 Å². The SMILES string of the molecule is C[C@H](NC(=O)C1CCCCC1)C(=O)Nc1ccc(O)cc1F. The van der Waals surface area contributed by atoms with E-state index < -0.39 is 17.8 Å².